The van der Waals surface area contributed by atoms with Crippen LogP contribution in [0.4, 0.5) is 11.9 Å². The van der Waals surface area contributed by atoms with E-state index in [9.17, 15) is 0 Å². The van der Waals surface area contributed by atoms with Crippen LogP contribution in [0.2, 0.25) is 5.28 Å². The molecule has 0 spiro atoms. The molecule has 2 saturated heterocycles. The Bertz CT molecular complexity index is 489. The molecule has 0 aromatic carbocycles. The fourth-order valence-electron chi connectivity index (χ4n) is 2.98. The average Bonchev–Trinajstić information content (AvgIpc) is 2.85. The Morgan fingerprint density at radius 3 is 2.43 bits per heavy atom. The predicted molar refractivity (Wildman–Crippen MR) is 91.3 cm³/mol. The lowest BCUT2D eigenvalue weighted by Crippen LogP contribution is -2.39. The van der Waals surface area contributed by atoms with Gasteiger partial charge in [-0.15, -0.1) is 0 Å². The molecule has 3 heterocycles. The highest BCUT2D eigenvalue weighted by atomic mass is 35.5. The van der Waals surface area contributed by atoms with Gasteiger partial charge in [-0.2, -0.15) is 15.0 Å². The predicted octanol–water partition coefficient (Wildman–Crippen LogP) is 1.65. The van der Waals surface area contributed by atoms with Crippen molar-refractivity contribution in [2.24, 2.45) is 0 Å². The molecule has 0 saturated carbocycles. The number of ether oxygens (including phenoxy) is 1. The number of rotatable bonds is 5. The van der Waals surface area contributed by atoms with E-state index in [0.717, 1.165) is 52.5 Å². The highest BCUT2D eigenvalue weighted by molar-refractivity contribution is 6.28. The highest BCUT2D eigenvalue weighted by Crippen LogP contribution is 2.18. The largest absolute Gasteiger partial charge is 0.379 e. The zero-order valence-corrected chi connectivity index (χ0v) is 14.3. The molecule has 0 amide bonds. The number of morpholine rings is 1. The van der Waals surface area contributed by atoms with Crippen LogP contribution in [-0.2, 0) is 4.74 Å². The van der Waals surface area contributed by atoms with E-state index in [-0.39, 0.29) is 5.28 Å². The zero-order valence-electron chi connectivity index (χ0n) is 13.5. The van der Waals surface area contributed by atoms with Gasteiger partial charge in [-0.25, -0.2) is 0 Å². The van der Waals surface area contributed by atoms with Crippen LogP contribution in [0.1, 0.15) is 25.7 Å². The summed E-state index contributed by atoms with van der Waals surface area (Å²) in [5.74, 6) is 1.26. The summed E-state index contributed by atoms with van der Waals surface area (Å²) in [6, 6.07) is 0. The quantitative estimate of drug-likeness (QED) is 0.874. The SMILES string of the molecule is Clc1nc(NCCN2CCOCC2)nc(N2CCCCCC2)n1. The van der Waals surface area contributed by atoms with Gasteiger partial charge in [-0.05, 0) is 24.4 Å². The Morgan fingerprint density at radius 1 is 0.957 bits per heavy atom. The molecular formula is C15H25ClN6O. The van der Waals surface area contributed by atoms with Gasteiger partial charge < -0.3 is 15.0 Å². The molecule has 128 valence electrons. The first-order chi connectivity index (χ1) is 11.3. The van der Waals surface area contributed by atoms with E-state index in [1.165, 1.54) is 25.7 Å². The van der Waals surface area contributed by atoms with E-state index in [4.69, 9.17) is 16.3 Å². The average molecular weight is 341 g/mol. The lowest BCUT2D eigenvalue weighted by atomic mass is 10.2. The molecule has 0 radical (unpaired) electrons. The van der Waals surface area contributed by atoms with Crippen molar-refractivity contribution in [3.8, 4) is 0 Å². The number of hydrogen-bond donors (Lipinski definition) is 1. The molecule has 1 aromatic heterocycles. The molecule has 8 heteroatoms. The molecule has 0 atom stereocenters. The molecule has 23 heavy (non-hydrogen) atoms. The smallest absolute Gasteiger partial charge is 0.231 e. The number of nitrogens with zero attached hydrogens (tertiary/aromatic N) is 5. The number of aromatic nitrogens is 3. The van der Waals surface area contributed by atoms with Crippen molar-refractivity contribution < 1.29 is 4.74 Å². The first kappa shape index (κ1) is 16.7. The Balaban J connectivity index is 1.56. The minimum Gasteiger partial charge on any atom is -0.379 e. The summed E-state index contributed by atoms with van der Waals surface area (Å²) in [7, 11) is 0. The monoisotopic (exact) mass is 340 g/mol. The van der Waals surface area contributed by atoms with Gasteiger partial charge in [-0.1, -0.05) is 12.8 Å². The minimum atomic E-state index is 0.258. The van der Waals surface area contributed by atoms with Crippen molar-refractivity contribution in [2.45, 2.75) is 25.7 Å². The van der Waals surface area contributed by atoms with E-state index >= 15 is 0 Å². The normalized spacial score (nSPS) is 20.3. The molecule has 2 aliphatic heterocycles. The van der Waals surface area contributed by atoms with E-state index in [1.54, 1.807) is 0 Å². The summed E-state index contributed by atoms with van der Waals surface area (Å²) < 4.78 is 5.36. The van der Waals surface area contributed by atoms with Crippen LogP contribution in [-0.4, -0.2) is 72.3 Å². The second kappa shape index (κ2) is 8.61. The molecule has 3 rings (SSSR count). The van der Waals surface area contributed by atoms with Crippen LogP contribution >= 0.6 is 11.6 Å². The maximum Gasteiger partial charge on any atom is 0.231 e. The van der Waals surface area contributed by atoms with Gasteiger partial charge in [0.25, 0.3) is 0 Å². The van der Waals surface area contributed by atoms with Gasteiger partial charge in [0.15, 0.2) is 0 Å². The number of anilines is 2. The van der Waals surface area contributed by atoms with Crippen LogP contribution in [0.25, 0.3) is 0 Å². The second-order valence-electron chi connectivity index (χ2n) is 6.01. The zero-order chi connectivity index (χ0) is 15.9. The lowest BCUT2D eigenvalue weighted by Gasteiger charge is -2.26. The molecule has 0 unspecified atom stereocenters. The van der Waals surface area contributed by atoms with Gasteiger partial charge in [-0.3, -0.25) is 4.90 Å². The number of hydrogen-bond acceptors (Lipinski definition) is 7. The molecule has 1 aromatic rings. The van der Waals surface area contributed by atoms with Crippen molar-refractivity contribution in [1.82, 2.24) is 19.9 Å². The van der Waals surface area contributed by atoms with Gasteiger partial charge >= 0.3 is 0 Å². The van der Waals surface area contributed by atoms with Crippen molar-refractivity contribution in [1.29, 1.82) is 0 Å². The Hall–Kier alpha value is -1.18. The maximum atomic E-state index is 6.08. The van der Waals surface area contributed by atoms with Gasteiger partial charge in [0.2, 0.25) is 17.2 Å². The summed E-state index contributed by atoms with van der Waals surface area (Å²) in [5, 5.41) is 3.53. The third-order valence-electron chi connectivity index (χ3n) is 4.30. The first-order valence-electron chi connectivity index (χ1n) is 8.52. The van der Waals surface area contributed by atoms with Crippen molar-refractivity contribution in [2.75, 3.05) is 62.7 Å². The molecular weight excluding hydrogens is 316 g/mol. The van der Waals surface area contributed by atoms with Gasteiger partial charge in [0.1, 0.15) is 0 Å². The first-order valence-corrected chi connectivity index (χ1v) is 8.89. The summed E-state index contributed by atoms with van der Waals surface area (Å²) in [6.07, 6.45) is 4.92. The van der Waals surface area contributed by atoms with Crippen molar-refractivity contribution in [3.63, 3.8) is 0 Å². The second-order valence-corrected chi connectivity index (χ2v) is 6.35. The molecule has 0 bridgehead atoms. The summed E-state index contributed by atoms with van der Waals surface area (Å²) in [6.45, 7) is 7.33. The van der Waals surface area contributed by atoms with Crippen molar-refractivity contribution in [3.05, 3.63) is 5.28 Å². The topological polar surface area (TPSA) is 66.4 Å². The molecule has 2 aliphatic rings. The Kier molecular flexibility index (Phi) is 6.24. The van der Waals surface area contributed by atoms with E-state index < -0.39 is 0 Å². The van der Waals surface area contributed by atoms with Crippen LogP contribution in [0.3, 0.4) is 0 Å². The summed E-state index contributed by atoms with van der Waals surface area (Å²) in [5.41, 5.74) is 0. The molecule has 1 N–H and O–H groups in total. The van der Waals surface area contributed by atoms with Crippen LogP contribution in [0.5, 0.6) is 0 Å². The van der Waals surface area contributed by atoms with Crippen LogP contribution < -0.4 is 10.2 Å². The molecule has 2 fully saturated rings. The Morgan fingerprint density at radius 2 is 1.70 bits per heavy atom. The number of nitrogens with one attached hydrogen (secondary N) is 1. The fraction of sp³-hybridized carbons (Fsp3) is 0.800. The standard InChI is InChI=1S/C15H25ClN6O/c16-13-18-14(17-5-8-21-9-11-23-12-10-21)20-15(19-13)22-6-3-1-2-4-7-22/h1-12H2,(H,17,18,19,20). The lowest BCUT2D eigenvalue weighted by molar-refractivity contribution is 0.0398. The fourth-order valence-corrected chi connectivity index (χ4v) is 3.14. The van der Waals surface area contributed by atoms with Crippen LogP contribution in [0.15, 0.2) is 0 Å². The van der Waals surface area contributed by atoms with Crippen molar-refractivity contribution >= 4 is 23.5 Å². The van der Waals surface area contributed by atoms with Gasteiger partial charge in [0.05, 0.1) is 13.2 Å². The molecule has 7 nitrogen and oxygen atoms in total. The summed E-state index contributed by atoms with van der Waals surface area (Å²) >= 11 is 6.08. The van der Waals surface area contributed by atoms with E-state index in [2.05, 4.69) is 30.1 Å². The maximum absolute atomic E-state index is 6.08. The Labute approximate surface area is 142 Å². The molecule has 0 aliphatic carbocycles. The highest BCUT2D eigenvalue weighted by Gasteiger charge is 2.15. The third kappa shape index (κ3) is 5.16. The van der Waals surface area contributed by atoms with E-state index in [1.807, 2.05) is 0 Å². The minimum absolute atomic E-state index is 0.258. The van der Waals surface area contributed by atoms with E-state index in [0.29, 0.717) is 11.9 Å². The van der Waals surface area contributed by atoms with Gasteiger partial charge in [0, 0.05) is 39.3 Å². The van der Waals surface area contributed by atoms with Crippen LogP contribution in [0, 0.1) is 0 Å². The third-order valence-corrected chi connectivity index (χ3v) is 4.47. The number of halogens is 1. The summed E-state index contributed by atoms with van der Waals surface area (Å²) in [4.78, 5) is 17.6.